The van der Waals surface area contributed by atoms with Crippen molar-refractivity contribution in [1.82, 2.24) is 10.0 Å². The van der Waals surface area contributed by atoms with Gasteiger partial charge < -0.3 is 10.1 Å². The highest BCUT2D eigenvalue weighted by Crippen LogP contribution is 2.23. The number of methoxy groups -OCH3 is 1. The van der Waals surface area contributed by atoms with E-state index in [2.05, 4.69) is 22.2 Å². The number of fused-ring (bicyclic) bond motifs is 1. The molecular weight excluding hydrogens is 360 g/mol. The second kappa shape index (κ2) is 8.78. The molecule has 0 aliphatic carbocycles. The molecule has 2 aromatic carbocycles. The maximum Gasteiger partial charge on any atom is 0.240 e. The molecule has 2 N–H and O–H groups in total. The molecule has 0 fully saturated rings. The Morgan fingerprint density at radius 2 is 1.88 bits per heavy atom. The second-order valence-electron chi connectivity index (χ2n) is 5.85. The van der Waals surface area contributed by atoms with Gasteiger partial charge in [0.15, 0.2) is 0 Å². The summed E-state index contributed by atoms with van der Waals surface area (Å²) in [7, 11) is -2.03. The van der Waals surface area contributed by atoms with E-state index in [1.807, 2.05) is 18.2 Å². The van der Waals surface area contributed by atoms with Crippen LogP contribution < -0.4 is 10.0 Å². The van der Waals surface area contributed by atoms with Gasteiger partial charge in [0.05, 0.1) is 11.5 Å². The largest absolute Gasteiger partial charge is 0.380 e. The Bertz CT molecular complexity index is 811. The molecule has 0 radical (unpaired) electrons. The Hall–Kier alpha value is -1.44. The van der Waals surface area contributed by atoms with E-state index >= 15 is 0 Å². The minimum absolute atomic E-state index is 0. The first-order valence-electron chi connectivity index (χ1n) is 7.99. The third-order valence-corrected chi connectivity index (χ3v) is 5.78. The van der Waals surface area contributed by atoms with Gasteiger partial charge in [-0.1, -0.05) is 42.5 Å². The SMILES string of the molecule is COCc1ccccc1S(=O)(=O)NCC1NCCc2ccccc21.Cl. The molecule has 1 unspecified atom stereocenters. The molecule has 1 atom stereocenters. The van der Waals surface area contributed by atoms with Gasteiger partial charge >= 0.3 is 0 Å². The molecule has 0 bridgehead atoms. The van der Waals surface area contributed by atoms with E-state index in [-0.39, 0.29) is 30.0 Å². The number of hydrogen-bond donors (Lipinski definition) is 2. The average Bonchev–Trinajstić information content (AvgIpc) is 2.60. The minimum Gasteiger partial charge on any atom is -0.380 e. The van der Waals surface area contributed by atoms with Crippen LogP contribution in [0.4, 0.5) is 0 Å². The standard InChI is InChI=1S/C18H22N2O3S.ClH/c1-23-13-15-7-3-5-9-18(15)24(21,22)20-12-17-16-8-4-2-6-14(16)10-11-19-17;/h2-9,17,19-20H,10-13H2,1H3;1H. The highest BCUT2D eigenvalue weighted by molar-refractivity contribution is 7.89. The number of hydrogen-bond acceptors (Lipinski definition) is 4. The number of halogens is 1. The zero-order chi connectivity index (χ0) is 17.0. The van der Waals surface area contributed by atoms with E-state index in [0.29, 0.717) is 12.1 Å². The molecule has 25 heavy (non-hydrogen) atoms. The third kappa shape index (κ3) is 4.59. The van der Waals surface area contributed by atoms with Gasteiger partial charge in [-0.05, 0) is 35.7 Å². The lowest BCUT2D eigenvalue weighted by Crippen LogP contribution is -2.39. The Kier molecular flexibility index (Phi) is 6.98. The molecule has 3 rings (SSSR count). The Morgan fingerprint density at radius 3 is 2.68 bits per heavy atom. The van der Waals surface area contributed by atoms with Crippen molar-refractivity contribution in [3.63, 3.8) is 0 Å². The van der Waals surface area contributed by atoms with Crippen molar-refractivity contribution >= 4 is 22.4 Å². The van der Waals surface area contributed by atoms with Gasteiger partial charge in [-0.3, -0.25) is 0 Å². The fourth-order valence-electron chi connectivity index (χ4n) is 3.09. The lowest BCUT2D eigenvalue weighted by Gasteiger charge is -2.27. The van der Waals surface area contributed by atoms with Crippen LogP contribution in [0.1, 0.15) is 22.7 Å². The molecule has 1 heterocycles. The van der Waals surface area contributed by atoms with Crippen molar-refractivity contribution in [3.05, 3.63) is 65.2 Å². The lowest BCUT2D eigenvalue weighted by atomic mass is 9.95. The smallest absolute Gasteiger partial charge is 0.240 e. The predicted octanol–water partition coefficient (Wildman–Crippen LogP) is 2.42. The Balaban J connectivity index is 0.00000225. The van der Waals surface area contributed by atoms with Crippen LogP contribution in [0.2, 0.25) is 0 Å². The van der Waals surface area contributed by atoms with E-state index in [1.54, 1.807) is 25.3 Å². The first-order valence-corrected chi connectivity index (χ1v) is 9.48. The highest BCUT2D eigenvalue weighted by atomic mass is 35.5. The van der Waals surface area contributed by atoms with Crippen molar-refractivity contribution in [2.75, 3.05) is 20.2 Å². The molecule has 7 heteroatoms. The Morgan fingerprint density at radius 1 is 1.16 bits per heavy atom. The molecule has 0 saturated carbocycles. The van der Waals surface area contributed by atoms with Crippen LogP contribution in [0.5, 0.6) is 0 Å². The normalized spacial score (nSPS) is 16.8. The van der Waals surface area contributed by atoms with Crippen LogP contribution >= 0.6 is 12.4 Å². The maximum atomic E-state index is 12.7. The van der Waals surface area contributed by atoms with Crippen molar-refractivity contribution in [1.29, 1.82) is 0 Å². The highest BCUT2D eigenvalue weighted by Gasteiger charge is 2.23. The van der Waals surface area contributed by atoms with E-state index in [0.717, 1.165) is 18.5 Å². The van der Waals surface area contributed by atoms with Crippen LogP contribution in [-0.4, -0.2) is 28.6 Å². The molecule has 2 aromatic rings. The molecule has 0 saturated heterocycles. The van der Waals surface area contributed by atoms with Crippen LogP contribution in [0.3, 0.4) is 0 Å². The first kappa shape index (κ1) is 19.9. The summed E-state index contributed by atoms with van der Waals surface area (Å²) in [6, 6.07) is 15.1. The van der Waals surface area contributed by atoms with Crippen LogP contribution in [0, 0.1) is 0 Å². The molecular formula is C18H23ClN2O3S. The quantitative estimate of drug-likeness (QED) is 0.805. The zero-order valence-corrected chi connectivity index (χ0v) is 15.7. The summed E-state index contributed by atoms with van der Waals surface area (Å²) in [5.74, 6) is 0. The summed E-state index contributed by atoms with van der Waals surface area (Å²) in [6.07, 6.45) is 0.968. The van der Waals surface area contributed by atoms with Gasteiger partial charge in [-0.25, -0.2) is 13.1 Å². The summed E-state index contributed by atoms with van der Waals surface area (Å²) in [5, 5.41) is 3.39. The summed E-state index contributed by atoms with van der Waals surface area (Å²) in [6.45, 7) is 1.44. The van der Waals surface area contributed by atoms with Gasteiger partial charge in [-0.15, -0.1) is 12.4 Å². The summed E-state index contributed by atoms with van der Waals surface area (Å²) >= 11 is 0. The summed E-state index contributed by atoms with van der Waals surface area (Å²) < 4.78 is 33.2. The molecule has 0 spiro atoms. The van der Waals surface area contributed by atoms with E-state index in [1.165, 1.54) is 5.56 Å². The third-order valence-electron chi connectivity index (χ3n) is 4.26. The van der Waals surface area contributed by atoms with Gasteiger partial charge in [0, 0.05) is 19.7 Å². The number of rotatable bonds is 6. The molecule has 136 valence electrons. The van der Waals surface area contributed by atoms with Crippen molar-refractivity contribution in [3.8, 4) is 0 Å². The topological polar surface area (TPSA) is 67.4 Å². The van der Waals surface area contributed by atoms with Crippen molar-refractivity contribution < 1.29 is 13.2 Å². The molecule has 1 aliphatic rings. The second-order valence-corrected chi connectivity index (χ2v) is 7.58. The van der Waals surface area contributed by atoms with Gasteiger partial charge in [0.2, 0.25) is 10.0 Å². The van der Waals surface area contributed by atoms with Crippen LogP contribution in [0.25, 0.3) is 0 Å². The average molecular weight is 383 g/mol. The summed E-state index contributed by atoms with van der Waals surface area (Å²) in [5.41, 5.74) is 3.10. The van der Waals surface area contributed by atoms with Crippen LogP contribution in [-0.2, 0) is 27.8 Å². The van der Waals surface area contributed by atoms with E-state index in [9.17, 15) is 8.42 Å². The summed E-state index contributed by atoms with van der Waals surface area (Å²) in [4.78, 5) is 0.274. The number of ether oxygens (including phenoxy) is 1. The first-order chi connectivity index (χ1) is 11.6. The molecule has 0 amide bonds. The number of sulfonamides is 1. The van der Waals surface area contributed by atoms with Crippen LogP contribution in [0.15, 0.2) is 53.4 Å². The molecule has 5 nitrogen and oxygen atoms in total. The fraction of sp³-hybridized carbons (Fsp3) is 0.333. The van der Waals surface area contributed by atoms with Crippen molar-refractivity contribution in [2.45, 2.75) is 24.0 Å². The molecule has 0 aromatic heterocycles. The zero-order valence-electron chi connectivity index (χ0n) is 14.1. The van der Waals surface area contributed by atoms with Crippen molar-refractivity contribution in [2.24, 2.45) is 0 Å². The van der Waals surface area contributed by atoms with E-state index < -0.39 is 10.0 Å². The van der Waals surface area contributed by atoms with E-state index in [4.69, 9.17) is 4.74 Å². The lowest BCUT2D eigenvalue weighted by molar-refractivity contribution is 0.182. The fourth-order valence-corrected chi connectivity index (χ4v) is 4.36. The van der Waals surface area contributed by atoms with Gasteiger partial charge in [-0.2, -0.15) is 0 Å². The van der Waals surface area contributed by atoms with Gasteiger partial charge in [0.1, 0.15) is 0 Å². The number of nitrogens with one attached hydrogen (secondary N) is 2. The Labute approximate surface area is 155 Å². The van der Waals surface area contributed by atoms with Gasteiger partial charge in [0.25, 0.3) is 0 Å². The molecule has 1 aliphatic heterocycles. The number of benzene rings is 2. The predicted molar refractivity (Wildman–Crippen MR) is 100 cm³/mol. The maximum absolute atomic E-state index is 12.7. The monoisotopic (exact) mass is 382 g/mol. The minimum atomic E-state index is -3.59.